The standard InChI is InChI=1S/C25H28N6O6S2/c1-4-38(32,33)15-13-28-25-23(17(2)20(16-26)24(29-25)27-12-7-14-37-3)31-30-21-10-11-22(39(34,35)36)19-9-6-5-8-18(19)21/h4-6,8-11H,1,7,12-15H2,2-3H3,(H2,27,28,29)(H,34,35,36). The van der Waals surface area contributed by atoms with Crippen molar-refractivity contribution in [1.29, 1.82) is 5.26 Å². The van der Waals surface area contributed by atoms with Crippen LogP contribution in [0.4, 0.5) is 23.0 Å². The fourth-order valence-electron chi connectivity index (χ4n) is 3.69. The zero-order valence-electron chi connectivity index (χ0n) is 21.4. The first-order valence-corrected chi connectivity index (χ1v) is 14.9. The number of sulfone groups is 1. The lowest BCUT2D eigenvalue weighted by atomic mass is 10.1. The number of nitrogens with one attached hydrogen (secondary N) is 2. The van der Waals surface area contributed by atoms with Crippen molar-refractivity contribution in [1.82, 2.24) is 4.98 Å². The second-order valence-electron chi connectivity index (χ2n) is 8.31. The summed E-state index contributed by atoms with van der Waals surface area (Å²) in [4.78, 5) is 4.23. The Kier molecular flexibility index (Phi) is 9.71. The number of hydrogen-bond donors (Lipinski definition) is 3. The Balaban J connectivity index is 2.09. The minimum Gasteiger partial charge on any atom is -0.385 e. The number of hydrogen-bond acceptors (Lipinski definition) is 11. The van der Waals surface area contributed by atoms with Gasteiger partial charge in [0.2, 0.25) is 0 Å². The van der Waals surface area contributed by atoms with Crippen LogP contribution in [0.3, 0.4) is 0 Å². The summed E-state index contributed by atoms with van der Waals surface area (Å²) in [6.07, 6.45) is 0.663. The molecule has 1 heterocycles. The maximum absolute atomic E-state index is 11.9. The number of ether oxygens (including phenoxy) is 1. The van der Waals surface area contributed by atoms with E-state index in [0.717, 1.165) is 5.41 Å². The number of benzene rings is 2. The topological polar surface area (TPSA) is 183 Å². The highest BCUT2D eigenvalue weighted by Gasteiger charge is 2.19. The average molecular weight is 573 g/mol. The maximum atomic E-state index is 11.9. The molecule has 3 rings (SSSR count). The quantitative estimate of drug-likeness (QED) is 0.150. The van der Waals surface area contributed by atoms with Crippen LogP contribution in [-0.4, -0.2) is 58.9 Å². The van der Waals surface area contributed by atoms with Crippen LogP contribution in [0.5, 0.6) is 0 Å². The number of rotatable bonds is 13. The summed E-state index contributed by atoms with van der Waals surface area (Å²) < 4.78 is 62.1. The molecule has 0 bridgehead atoms. The van der Waals surface area contributed by atoms with E-state index in [0.29, 0.717) is 42.0 Å². The van der Waals surface area contributed by atoms with Crippen molar-refractivity contribution >= 4 is 53.7 Å². The molecule has 0 spiro atoms. The minimum absolute atomic E-state index is 0.00961. The molecular formula is C25H28N6O6S2. The molecule has 0 aliphatic heterocycles. The summed E-state index contributed by atoms with van der Waals surface area (Å²) in [6, 6.07) is 11.2. The third-order valence-electron chi connectivity index (χ3n) is 5.67. The second-order valence-corrected chi connectivity index (χ2v) is 11.8. The van der Waals surface area contributed by atoms with Crippen molar-refractivity contribution in [3.8, 4) is 6.07 Å². The Morgan fingerprint density at radius 3 is 2.41 bits per heavy atom. The zero-order chi connectivity index (χ0) is 28.6. The summed E-state index contributed by atoms with van der Waals surface area (Å²) in [5.74, 6) is 0.247. The van der Waals surface area contributed by atoms with Gasteiger partial charge in [-0.3, -0.25) is 4.55 Å². The normalized spacial score (nSPS) is 11.9. The van der Waals surface area contributed by atoms with Gasteiger partial charge in [0.15, 0.2) is 15.7 Å². The van der Waals surface area contributed by atoms with E-state index in [9.17, 15) is 26.7 Å². The molecule has 2 aromatic carbocycles. The van der Waals surface area contributed by atoms with Gasteiger partial charge in [-0.1, -0.05) is 30.8 Å². The highest BCUT2D eigenvalue weighted by molar-refractivity contribution is 7.94. The molecule has 0 atom stereocenters. The third-order valence-corrected chi connectivity index (χ3v) is 7.87. The Labute approximate surface area is 227 Å². The van der Waals surface area contributed by atoms with Crippen molar-refractivity contribution in [3.05, 3.63) is 59.5 Å². The van der Waals surface area contributed by atoms with Gasteiger partial charge in [0.1, 0.15) is 22.5 Å². The molecule has 1 aromatic heterocycles. The molecule has 0 radical (unpaired) electrons. The molecule has 3 N–H and O–H groups in total. The number of pyridine rings is 1. The van der Waals surface area contributed by atoms with Crippen LogP contribution < -0.4 is 10.6 Å². The Bertz CT molecular complexity index is 1660. The molecule has 3 aromatic rings. The number of anilines is 2. The summed E-state index contributed by atoms with van der Waals surface area (Å²) in [5.41, 5.74) is 1.18. The van der Waals surface area contributed by atoms with Gasteiger partial charge in [0.25, 0.3) is 10.1 Å². The molecule has 0 aliphatic carbocycles. The second kappa shape index (κ2) is 12.8. The fraction of sp³-hybridized carbons (Fsp3) is 0.280. The molecular weight excluding hydrogens is 544 g/mol. The first-order chi connectivity index (χ1) is 18.5. The Morgan fingerprint density at radius 1 is 1.08 bits per heavy atom. The molecule has 14 heteroatoms. The lowest BCUT2D eigenvalue weighted by Crippen LogP contribution is -2.16. The molecule has 0 saturated carbocycles. The minimum atomic E-state index is -4.48. The smallest absolute Gasteiger partial charge is 0.295 e. The van der Waals surface area contributed by atoms with Gasteiger partial charge in [0.05, 0.1) is 17.0 Å². The Morgan fingerprint density at radius 2 is 1.77 bits per heavy atom. The van der Waals surface area contributed by atoms with Crippen LogP contribution in [-0.2, 0) is 24.7 Å². The van der Waals surface area contributed by atoms with Crippen LogP contribution in [0.1, 0.15) is 17.5 Å². The van der Waals surface area contributed by atoms with Crippen LogP contribution >= 0.6 is 0 Å². The molecule has 0 aliphatic rings. The number of nitriles is 1. The van der Waals surface area contributed by atoms with E-state index in [4.69, 9.17) is 4.74 Å². The van der Waals surface area contributed by atoms with E-state index in [1.807, 2.05) is 0 Å². The third kappa shape index (κ3) is 7.36. The maximum Gasteiger partial charge on any atom is 0.295 e. The number of fused-ring (bicyclic) bond motifs is 1. The zero-order valence-corrected chi connectivity index (χ0v) is 23.0. The van der Waals surface area contributed by atoms with Crippen molar-refractivity contribution < 1.29 is 26.1 Å². The van der Waals surface area contributed by atoms with Gasteiger partial charge >= 0.3 is 0 Å². The first kappa shape index (κ1) is 29.7. The van der Waals surface area contributed by atoms with Crippen LogP contribution in [0, 0.1) is 18.3 Å². The predicted molar refractivity (Wildman–Crippen MR) is 149 cm³/mol. The summed E-state index contributed by atoms with van der Waals surface area (Å²) >= 11 is 0. The molecule has 0 saturated heterocycles. The van der Waals surface area contributed by atoms with Crippen molar-refractivity contribution in [2.45, 2.75) is 18.2 Å². The monoisotopic (exact) mass is 572 g/mol. The molecule has 206 valence electrons. The number of aromatic nitrogens is 1. The fourth-order valence-corrected chi connectivity index (χ4v) is 4.94. The average Bonchev–Trinajstić information content (AvgIpc) is 2.90. The van der Waals surface area contributed by atoms with Gasteiger partial charge < -0.3 is 15.4 Å². The largest absolute Gasteiger partial charge is 0.385 e. The van der Waals surface area contributed by atoms with Gasteiger partial charge in [0, 0.05) is 48.6 Å². The lowest BCUT2D eigenvalue weighted by Gasteiger charge is -2.15. The number of nitrogens with zero attached hydrogens (tertiary/aromatic N) is 4. The van der Waals surface area contributed by atoms with Crippen molar-refractivity contribution in [2.75, 3.05) is 43.2 Å². The van der Waals surface area contributed by atoms with Crippen LogP contribution in [0.2, 0.25) is 0 Å². The van der Waals surface area contributed by atoms with E-state index < -0.39 is 20.0 Å². The van der Waals surface area contributed by atoms with E-state index in [2.05, 4.69) is 38.5 Å². The van der Waals surface area contributed by atoms with Gasteiger partial charge in [-0.15, -0.1) is 10.2 Å². The molecule has 39 heavy (non-hydrogen) atoms. The van der Waals surface area contributed by atoms with Crippen LogP contribution in [0.25, 0.3) is 10.8 Å². The predicted octanol–water partition coefficient (Wildman–Crippen LogP) is 4.50. The first-order valence-electron chi connectivity index (χ1n) is 11.7. The Hall–Kier alpha value is -3.90. The van der Waals surface area contributed by atoms with Crippen molar-refractivity contribution in [2.24, 2.45) is 10.2 Å². The number of methoxy groups -OCH3 is 1. The van der Waals surface area contributed by atoms with E-state index >= 15 is 0 Å². The van der Waals surface area contributed by atoms with Gasteiger partial charge in [-0.25, -0.2) is 13.4 Å². The molecule has 0 amide bonds. The van der Waals surface area contributed by atoms with E-state index in [1.54, 1.807) is 32.2 Å². The van der Waals surface area contributed by atoms with Crippen molar-refractivity contribution in [3.63, 3.8) is 0 Å². The summed E-state index contributed by atoms with van der Waals surface area (Å²) in [7, 11) is -6.37. The molecule has 0 fully saturated rings. The van der Waals surface area contributed by atoms with Gasteiger partial charge in [-0.05, 0) is 25.5 Å². The SMILES string of the molecule is C=CS(=O)(=O)CCNc1nc(NCCCOC)c(C#N)c(C)c1N=Nc1ccc(S(=O)(=O)O)c2ccccc12. The number of azo groups is 1. The molecule has 12 nitrogen and oxygen atoms in total. The summed E-state index contributed by atoms with van der Waals surface area (Å²) in [6.45, 7) is 5.95. The van der Waals surface area contributed by atoms with E-state index in [-0.39, 0.29) is 39.6 Å². The highest BCUT2D eigenvalue weighted by atomic mass is 32.2. The van der Waals surface area contributed by atoms with Crippen LogP contribution in [0.15, 0.2) is 63.5 Å². The summed E-state index contributed by atoms with van der Waals surface area (Å²) in [5, 5.41) is 26.1. The van der Waals surface area contributed by atoms with Gasteiger partial charge in [-0.2, -0.15) is 13.7 Å². The highest BCUT2D eigenvalue weighted by Crippen LogP contribution is 2.37. The van der Waals surface area contributed by atoms with E-state index in [1.165, 1.54) is 18.2 Å². The lowest BCUT2D eigenvalue weighted by molar-refractivity contribution is 0.198. The molecule has 0 unspecified atom stereocenters.